The van der Waals surface area contributed by atoms with Crippen molar-refractivity contribution in [3.63, 3.8) is 0 Å². The Morgan fingerprint density at radius 2 is 1.95 bits per heavy atom. The number of methoxy groups -OCH3 is 1. The van der Waals surface area contributed by atoms with E-state index >= 15 is 0 Å². The van der Waals surface area contributed by atoms with Crippen molar-refractivity contribution in [3.8, 4) is 0 Å². The molecule has 0 aromatic rings. The van der Waals surface area contributed by atoms with Crippen LogP contribution in [0.25, 0.3) is 0 Å². The molecular formula is C16H32N2O2. The summed E-state index contributed by atoms with van der Waals surface area (Å²) in [5.74, 6) is 0.695. The van der Waals surface area contributed by atoms with Gasteiger partial charge in [-0.2, -0.15) is 0 Å². The fourth-order valence-electron chi connectivity index (χ4n) is 2.93. The molecule has 0 spiro atoms. The van der Waals surface area contributed by atoms with E-state index in [2.05, 4.69) is 24.1 Å². The molecule has 1 aliphatic carbocycles. The van der Waals surface area contributed by atoms with Gasteiger partial charge in [-0.05, 0) is 31.6 Å². The SMILES string of the molecule is COCCN(CC(C)C)CC1CCC(CNC2CC2)O1. The zero-order chi connectivity index (χ0) is 14.4. The zero-order valence-corrected chi connectivity index (χ0v) is 13.4. The van der Waals surface area contributed by atoms with Gasteiger partial charge in [-0.25, -0.2) is 0 Å². The van der Waals surface area contributed by atoms with E-state index in [1.54, 1.807) is 7.11 Å². The average molecular weight is 284 g/mol. The summed E-state index contributed by atoms with van der Waals surface area (Å²) in [4.78, 5) is 2.50. The highest BCUT2D eigenvalue weighted by molar-refractivity contribution is 4.84. The molecular weight excluding hydrogens is 252 g/mol. The third-order valence-corrected chi connectivity index (χ3v) is 4.10. The molecule has 2 atom stereocenters. The Hall–Kier alpha value is -0.160. The lowest BCUT2D eigenvalue weighted by Gasteiger charge is -2.27. The number of ether oxygens (including phenoxy) is 2. The van der Waals surface area contributed by atoms with Crippen molar-refractivity contribution in [1.82, 2.24) is 10.2 Å². The first kappa shape index (κ1) is 16.2. The Bertz CT molecular complexity index is 269. The summed E-state index contributed by atoms with van der Waals surface area (Å²) in [6.45, 7) is 9.61. The summed E-state index contributed by atoms with van der Waals surface area (Å²) in [7, 11) is 1.78. The zero-order valence-electron chi connectivity index (χ0n) is 13.4. The summed E-state index contributed by atoms with van der Waals surface area (Å²) in [5.41, 5.74) is 0. The van der Waals surface area contributed by atoms with Gasteiger partial charge in [-0.15, -0.1) is 0 Å². The van der Waals surface area contributed by atoms with Crippen molar-refractivity contribution in [3.05, 3.63) is 0 Å². The molecule has 2 unspecified atom stereocenters. The number of nitrogens with one attached hydrogen (secondary N) is 1. The van der Waals surface area contributed by atoms with Gasteiger partial charge in [-0.3, -0.25) is 4.90 Å². The maximum Gasteiger partial charge on any atom is 0.0707 e. The van der Waals surface area contributed by atoms with Gasteiger partial charge in [-0.1, -0.05) is 13.8 Å². The van der Waals surface area contributed by atoms with E-state index in [0.29, 0.717) is 18.1 Å². The van der Waals surface area contributed by atoms with Crippen LogP contribution in [-0.2, 0) is 9.47 Å². The minimum Gasteiger partial charge on any atom is -0.383 e. The first-order valence-electron chi connectivity index (χ1n) is 8.27. The van der Waals surface area contributed by atoms with Crippen LogP contribution in [0.5, 0.6) is 0 Å². The highest BCUT2D eigenvalue weighted by atomic mass is 16.5. The van der Waals surface area contributed by atoms with Crippen LogP contribution in [0.4, 0.5) is 0 Å². The molecule has 0 bridgehead atoms. The van der Waals surface area contributed by atoms with Crippen molar-refractivity contribution in [2.45, 2.75) is 57.8 Å². The van der Waals surface area contributed by atoms with Gasteiger partial charge in [0.1, 0.15) is 0 Å². The van der Waals surface area contributed by atoms with E-state index in [0.717, 1.165) is 38.8 Å². The maximum absolute atomic E-state index is 6.19. The van der Waals surface area contributed by atoms with Crippen molar-refractivity contribution in [2.75, 3.05) is 39.9 Å². The second-order valence-electron chi connectivity index (χ2n) is 6.79. The summed E-state index contributed by atoms with van der Waals surface area (Å²) in [6, 6.07) is 0.789. The van der Waals surface area contributed by atoms with Crippen LogP contribution in [-0.4, -0.2) is 63.0 Å². The van der Waals surface area contributed by atoms with Gasteiger partial charge < -0.3 is 14.8 Å². The molecule has 0 radical (unpaired) electrons. The molecule has 1 saturated carbocycles. The fraction of sp³-hybridized carbons (Fsp3) is 1.00. The third kappa shape index (κ3) is 6.08. The molecule has 2 rings (SSSR count). The number of hydrogen-bond donors (Lipinski definition) is 1. The highest BCUT2D eigenvalue weighted by Gasteiger charge is 2.29. The fourth-order valence-corrected chi connectivity index (χ4v) is 2.93. The standard InChI is InChI=1S/C16H32N2O2/c1-13(2)11-18(8-9-19-3)12-16-7-6-15(20-16)10-17-14-4-5-14/h13-17H,4-12H2,1-3H3. The molecule has 0 aromatic heterocycles. The van der Waals surface area contributed by atoms with E-state index in [1.165, 1.54) is 25.7 Å². The summed E-state index contributed by atoms with van der Waals surface area (Å²) in [5, 5.41) is 3.58. The molecule has 2 fully saturated rings. The van der Waals surface area contributed by atoms with E-state index < -0.39 is 0 Å². The van der Waals surface area contributed by atoms with E-state index in [1.807, 2.05) is 0 Å². The number of hydrogen-bond acceptors (Lipinski definition) is 4. The Morgan fingerprint density at radius 3 is 2.60 bits per heavy atom. The van der Waals surface area contributed by atoms with Gasteiger partial charge >= 0.3 is 0 Å². The van der Waals surface area contributed by atoms with Crippen molar-refractivity contribution >= 4 is 0 Å². The van der Waals surface area contributed by atoms with Crippen LogP contribution in [0, 0.1) is 5.92 Å². The molecule has 1 aliphatic heterocycles. The second kappa shape index (κ2) is 8.32. The molecule has 4 heteroatoms. The van der Waals surface area contributed by atoms with Crippen molar-refractivity contribution < 1.29 is 9.47 Å². The minimum absolute atomic E-state index is 0.414. The van der Waals surface area contributed by atoms with Crippen LogP contribution in [0.15, 0.2) is 0 Å². The quantitative estimate of drug-likeness (QED) is 0.664. The first-order valence-corrected chi connectivity index (χ1v) is 8.27. The van der Waals surface area contributed by atoms with Crippen LogP contribution in [0.1, 0.15) is 39.5 Å². The normalized spacial score (nSPS) is 26.9. The average Bonchev–Trinajstić information content (AvgIpc) is 3.13. The second-order valence-corrected chi connectivity index (χ2v) is 6.79. The lowest BCUT2D eigenvalue weighted by atomic mass is 10.1. The van der Waals surface area contributed by atoms with E-state index in [4.69, 9.17) is 9.47 Å². The summed E-state index contributed by atoms with van der Waals surface area (Å²) < 4.78 is 11.4. The molecule has 1 saturated heterocycles. The van der Waals surface area contributed by atoms with E-state index in [-0.39, 0.29) is 0 Å². The predicted molar refractivity (Wildman–Crippen MR) is 82.1 cm³/mol. The molecule has 0 amide bonds. The number of nitrogens with zero attached hydrogens (tertiary/aromatic N) is 1. The van der Waals surface area contributed by atoms with Crippen LogP contribution < -0.4 is 5.32 Å². The van der Waals surface area contributed by atoms with Crippen LogP contribution in [0.2, 0.25) is 0 Å². The molecule has 0 aromatic carbocycles. The van der Waals surface area contributed by atoms with Gasteiger partial charge in [0.2, 0.25) is 0 Å². The maximum atomic E-state index is 6.19. The molecule has 20 heavy (non-hydrogen) atoms. The van der Waals surface area contributed by atoms with Crippen LogP contribution >= 0.6 is 0 Å². The highest BCUT2D eigenvalue weighted by Crippen LogP contribution is 2.23. The van der Waals surface area contributed by atoms with Crippen molar-refractivity contribution in [2.24, 2.45) is 5.92 Å². The summed E-state index contributed by atoms with van der Waals surface area (Å²) in [6.07, 6.45) is 5.98. The van der Waals surface area contributed by atoms with Crippen molar-refractivity contribution in [1.29, 1.82) is 0 Å². The number of rotatable bonds is 10. The lowest BCUT2D eigenvalue weighted by Crippen LogP contribution is -2.38. The monoisotopic (exact) mass is 284 g/mol. The lowest BCUT2D eigenvalue weighted by molar-refractivity contribution is 0.0163. The predicted octanol–water partition coefficient (Wildman–Crippen LogP) is 1.89. The smallest absolute Gasteiger partial charge is 0.0707 e. The summed E-state index contributed by atoms with van der Waals surface area (Å²) >= 11 is 0. The Morgan fingerprint density at radius 1 is 1.20 bits per heavy atom. The minimum atomic E-state index is 0.414. The van der Waals surface area contributed by atoms with Gasteiger partial charge in [0.15, 0.2) is 0 Å². The molecule has 4 nitrogen and oxygen atoms in total. The Labute approximate surface area is 124 Å². The Balaban J connectivity index is 1.66. The molecule has 2 aliphatic rings. The van der Waals surface area contributed by atoms with Gasteiger partial charge in [0, 0.05) is 39.3 Å². The first-order chi connectivity index (χ1) is 9.67. The van der Waals surface area contributed by atoms with Gasteiger partial charge in [0.05, 0.1) is 18.8 Å². The third-order valence-electron chi connectivity index (χ3n) is 4.10. The van der Waals surface area contributed by atoms with Crippen LogP contribution in [0.3, 0.4) is 0 Å². The topological polar surface area (TPSA) is 33.7 Å². The largest absolute Gasteiger partial charge is 0.383 e. The Kier molecular flexibility index (Phi) is 6.75. The van der Waals surface area contributed by atoms with E-state index in [9.17, 15) is 0 Å². The van der Waals surface area contributed by atoms with Gasteiger partial charge in [0.25, 0.3) is 0 Å². The molecule has 1 N–H and O–H groups in total. The molecule has 1 heterocycles. The molecule has 118 valence electrons.